The van der Waals surface area contributed by atoms with Crippen molar-refractivity contribution in [3.63, 3.8) is 0 Å². The van der Waals surface area contributed by atoms with Crippen LogP contribution in [-0.4, -0.2) is 13.1 Å². The molecule has 0 aromatic heterocycles. The average molecular weight is 330 g/mol. The topological polar surface area (TPSA) is 24.1 Å². The first-order chi connectivity index (χ1) is 9.59. The van der Waals surface area contributed by atoms with Gasteiger partial charge in [0, 0.05) is 23.8 Å². The number of nitrogens with one attached hydrogen (secondary N) is 2. The fourth-order valence-electron chi connectivity index (χ4n) is 1.83. The summed E-state index contributed by atoms with van der Waals surface area (Å²) in [6, 6.07) is 11.4. The van der Waals surface area contributed by atoms with Crippen LogP contribution >= 0.6 is 34.8 Å². The van der Waals surface area contributed by atoms with Gasteiger partial charge in [-0.3, -0.25) is 0 Å². The molecule has 0 aliphatic heterocycles. The fourth-order valence-corrected chi connectivity index (χ4v) is 2.38. The molecule has 106 valence electrons. The predicted octanol–water partition coefficient (Wildman–Crippen LogP) is 5.48. The molecule has 0 fully saturated rings. The summed E-state index contributed by atoms with van der Waals surface area (Å²) in [6.45, 7) is 3.47. The maximum Gasteiger partial charge on any atom is 0.0823 e. The smallest absolute Gasteiger partial charge is 0.0823 e. The predicted molar refractivity (Wildman–Crippen MR) is 89.6 cm³/mol. The van der Waals surface area contributed by atoms with Crippen LogP contribution in [0.1, 0.15) is 5.56 Å². The van der Waals surface area contributed by atoms with E-state index in [1.165, 1.54) is 0 Å². The van der Waals surface area contributed by atoms with Crippen molar-refractivity contribution < 1.29 is 0 Å². The number of halogens is 3. The molecule has 0 saturated heterocycles. The first-order valence-electron chi connectivity index (χ1n) is 6.26. The second-order valence-electron chi connectivity index (χ2n) is 4.37. The molecule has 20 heavy (non-hydrogen) atoms. The van der Waals surface area contributed by atoms with Gasteiger partial charge >= 0.3 is 0 Å². The van der Waals surface area contributed by atoms with Crippen LogP contribution < -0.4 is 10.6 Å². The Kier molecular flexibility index (Phi) is 5.41. The number of hydrogen-bond acceptors (Lipinski definition) is 2. The zero-order chi connectivity index (χ0) is 14.5. The Morgan fingerprint density at radius 1 is 0.800 bits per heavy atom. The minimum Gasteiger partial charge on any atom is -0.383 e. The lowest BCUT2D eigenvalue weighted by Crippen LogP contribution is -2.14. The van der Waals surface area contributed by atoms with E-state index >= 15 is 0 Å². The zero-order valence-corrected chi connectivity index (χ0v) is 13.3. The molecule has 2 aromatic carbocycles. The van der Waals surface area contributed by atoms with Crippen molar-refractivity contribution >= 4 is 46.2 Å². The number of hydrogen-bond donors (Lipinski definition) is 2. The molecule has 0 bridgehead atoms. The summed E-state index contributed by atoms with van der Waals surface area (Å²) in [4.78, 5) is 0. The Balaban J connectivity index is 1.88. The number of anilines is 2. The van der Waals surface area contributed by atoms with Crippen LogP contribution in [0.15, 0.2) is 36.4 Å². The highest BCUT2D eigenvalue weighted by Crippen LogP contribution is 2.29. The van der Waals surface area contributed by atoms with Crippen molar-refractivity contribution in [1.82, 2.24) is 0 Å². The third-order valence-electron chi connectivity index (χ3n) is 2.98. The highest BCUT2D eigenvalue weighted by Gasteiger charge is 2.04. The van der Waals surface area contributed by atoms with E-state index in [4.69, 9.17) is 34.8 Å². The minimum atomic E-state index is 0.549. The summed E-state index contributed by atoms with van der Waals surface area (Å²) in [5.74, 6) is 0. The van der Waals surface area contributed by atoms with Gasteiger partial charge in [-0.25, -0.2) is 0 Å². The van der Waals surface area contributed by atoms with Crippen LogP contribution in [0.25, 0.3) is 0 Å². The summed E-state index contributed by atoms with van der Waals surface area (Å²) in [5.41, 5.74) is 2.93. The maximum absolute atomic E-state index is 6.10. The summed E-state index contributed by atoms with van der Waals surface area (Å²) >= 11 is 18.1. The van der Waals surface area contributed by atoms with E-state index in [1.54, 1.807) is 6.07 Å². The fraction of sp³-hybridized carbons (Fsp3) is 0.200. The average Bonchev–Trinajstić information content (AvgIpc) is 2.43. The zero-order valence-electron chi connectivity index (χ0n) is 11.0. The third kappa shape index (κ3) is 3.72. The van der Waals surface area contributed by atoms with Crippen LogP contribution in [0, 0.1) is 6.92 Å². The van der Waals surface area contributed by atoms with E-state index in [0.29, 0.717) is 10.0 Å². The monoisotopic (exact) mass is 328 g/mol. The van der Waals surface area contributed by atoms with E-state index < -0.39 is 0 Å². The van der Waals surface area contributed by atoms with Gasteiger partial charge in [-0.2, -0.15) is 0 Å². The van der Waals surface area contributed by atoms with Crippen molar-refractivity contribution in [2.75, 3.05) is 23.7 Å². The molecular weight excluding hydrogens is 315 g/mol. The Morgan fingerprint density at radius 2 is 1.35 bits per heavy atom. The maximum atomic E-state index is 6.10. The van der Waals surface area contributed by atoms with Gasteiger partial charge in [-0.1, -0.05) is 46.9 Å². The third-order valence-corrected chi connectivity index (χ3v) is 4.20. The standard InChI is InChI=1S/C15H15Cl3N2/c1-10-11(16)4-2-6-13(10)19-8-9-20-14-7-3-5-12(17)15(14)18/h2-7,19-20H,8-9H2,1H3. The molecular formula is C15H15Cl3N2. The van der Waals surface area contributed by atoms with Crippen LogP contribution in [0.4, 0.5) is 11.4 Å². The second-order valence-corrected chi connectivity index (χ2v) is 5.56. The quantitative estimate of drug-likeness (QED) is 0.710. The van der Waals surface area contributed by atoms with E-state index in [2.05, 4.69) is 10.6 Å². The number of benzene rings is 2. The molecule has 2 N–H and O–H groups in total. The first-order valence-corrected chi connectivity index (χ1v) is 7.40. The van der Waals surface area contributed by atoms with E-state index in [-0.39, 0.29) is 0 Å². The molecule has 0 aliphatic rings. The number of rotatable bonds is 5. The van der Waals surface area contributed by atoms with Gasteiger partial charge in [0.1, 0.15) is 0 Å². The molecule has 0 radical (unpaired) electrons. The Morgan fingerprint density at radius 3 is 2.05 bits per heavy atom. The van der Waals surface area contributed by atoms with Gasteiger partial charge < -0.3 is 10.6 Å². The summed E-state index contributed by atoms with van der Waals surface area (Å²) in [6.07, 6.45) is 0. The van der Waals surface area contributed by atoms with Gasteiger partial charge in [0.15, 0.2) is 0 Å². The molecule has 0 aliphatic carbocycles. The lowest BCUT2D eigenvalue weighted by Gasteiger charge is -2.12. The van der Waals surface area contributed by atoms with Gasteiger partial charge in [-0.15, -0.1) is 0 Å². The Bertz CT molecular complexity index is 546. The largest absolute Gasteiger partial charge is 0.383 e. The van der Waals surface area contributed by atoms with Crippen LogP contribution in [0.2, 0.25) is 15.1 Å². The Hall–Kier alpha value is -1.09. The van der Waals surface area contributed by atoms with Gasteiger partial charge in [-0.05, 0) is 36.8 Å². The molecule has 0 saturated carbocycles. The lowest BCUT2D eigenvalue weighted by atomic mass is 10.2. The molecule has 5 heteroatoms. The summed E-state index contributed by atoms with van der Waals surface area (Å²) in [7, 11) is 0. The molecule has 0 amide bonds. The second kappa shape index (κ2) is 7.07. The van der Waals surface area contributed by atoms with Crippen molar-refractivity contribution in [2.45, 2.75) is 6.92 Å². The Labute approximate surface area is 134 Å². The molecule has 2 aromatic rings. The highest BCUT2D eigenvalue weighted by molar-refractivity contribution is 6.43. The normalized spacial score (nSPS) is 10.4. The molecule has 0 atom stereocenters. The van der Waals surface area contributed by atoms with Crippen molar-refractivity contribution in [1.29, 1.82) is 0 Å². The molecule has 2 nitrogen and oxygen atoms in total. The molecule has 2 rings (SSSR count). The first kappa shape index (κ1) is 15.3. The van der Waals surface area contributed by atoms with Crippen LogP contribution in [0.5, 0.6) is 0 Å². The van der Waals surface area contributed by atoms with Gasteiger partial charge in [0.05, 0.1) is 15.7 Å². The van der Waals surface area contributed by atoms with Gasteiger partial charge in [0.25, 0.3) is 0 Å². The van der Waals surface area contributed by atoms with Crippen LogP contribution in [0.3, 0.4) is 0 Å². The van der Waals surface area contributed by atoms with E-state index in [0.717, 1.165) is 35.1 Å². The van der Waals surface area contributed by atoms with E-state index in [1.807, 2.05) is 37.3 Å². The minimum absolute atomic E-state index is 0.549. The van der Waals surface area contributed by atoms with Crippen LogP contribution in [-0.2, 0) is 0 Å². The molecule has 0 unspecified atom stereocenters. The van der Waals surface area contributed by atoms with Gasteiger partial charge in [0.2, 0.25) is 0 Å². The lowest BCUT2D eigenvalue weighted by molar-refractivity contribution is 1.07. The molecule has 0 heterocycles. The SMILES string of the molecule is Cc1c(Cl)cccc1NCCNc1cccc(Cl)c1Cl. The van der Waals surface area contributed by atoms with E-state index in [9.17, 15) is 0 Å². The highest BCUT2D eigenvalue weighted by atomic mass is 35.5. The summed E-state index contributed by atoms with van der Waals surface area (Å²) < 4.78 is 0. The van der Waals surface area contributed by atoms with Crippen molar-refractivity contribution in [3.05, 3.63) is 57.0 Å². The van der Waals surface area contributed by atoms with Crippen molar-refractivity contribution in [3.8, 4) is 0 Å². The summed E-state index contributed by atoms with van der Waals surface area (Å²) in [5, 5.41) is 8.45. The van der Waals surface area contributed by atoms with Crippen molar-refractivity contribution in [2.24, 2.45) is 0 Å². The molecule has 0 spiro atoms.